The van der Waals surface area contributed by atoms with Crippen molar-refractivity contribution in [2.24, 2.45) is 0 Å². The Hall–Kier alpha value is -0.810. The third-order valence-corrected chi connectivity index (χ3v) is 3.65. The van der Waals surface area contributed by atoms with Gasteiger partial charge in [-0.2, -0.15) is 0 Å². The standard InChI is InChI=1S/C12H16BrNO3/c1-12(16-2)6-3-7-14(8-12)11(15)9-4-5-10(13)17-9/h4-5H,3,6-8H2,1-2H3. The Labute approximate surface area is 109 Å². The molecule has 0 aliphatic carbocycles. The van der Waals surface area contributed by atoms with Crippen LogP contribution in [-0.4, -0.2) is 36.6 Å². The molecule has 2 rings (SSSR count). The number of hydrogen-bond acceptors (Lipinski definition) is 3. The van der Waals surface area contributed by atoms with Crippen LogP contribution in [0, 0.1) is 0 Å². The maximum atomic E-state index is 12.2. The lowest BCUT2D eigenvalue weighted by atomic mass is 9.94. The van der Waals surface area contributed by atoms with Crippen LogP contribution < -0.4 is 0 Å². The van der Waals surface area contributed by atoms with Crippen LogP contribution in [0.25, 0.3) is 0 Å². The Morgan fingerprint density at radius 1 is 1.59 bits per heavy atom. The number of halogens is 1. The van der Waals surface area contributed by atoms with E-state index in [4.69, 9.17) is 9.15 Å². The third-order valence-electron chi connectivity index (χ3n) is 3.22. The van der Waals surface area contributed by atoms with Crippen LogP contribution in [0.3, 0.4) is 0 Å². The molecular formula is C12H16BrNO3. The van der Waals surface area contributed by atoms with Crippen LogP contribution in [0.15, 0.2) is 21.2 Å². The number of methoxy groups -OCH3 is 1. The maximum Gasteiger partial charge on any atom is 0.289 e. The highest BCUT2D eigenvalue weighted by Gasteiger charge is 2.34. The summed E-state index contributed by atoms with van der Waals surface area (Å²) in [6.07, 6.45) is 1.94. The second-order valence-electron chi connectivity index (χ2n) is 4.59. The Balaban J connectivity index is 2.10. The summed E-state index contributed by atoms with van der Waals surface area (Å²) in [6, 6.07) is 3.41. The van der Waals surface area contributed by atoms with Crippen molar-refractivity contribution < 1.29 is 13.9 Å². The van der Waals surface area contributed by atoms with Crippen molar-refractivity contribution in [1.82, 2.24) is 4.90 Å². The van der Waals surface area contributed by atoms with E-state index in [0.717, 1.165) is 19.4 Å². The number of likely N-dealkylation sites (tertiary alicyclic amines) is 1. The minimum Gasteiger partial charge on any atom is -0.444 e. The van der Waals surface area contributed by atoms with E-state index in [0.29, 0.717) is 17.0 Å². The monoisotopic (exact) mass is 301 g/mol. The van der Waals surface area contributed by atoms with Crippen LogP contribution in [-0.2, 0) is 4.74 Å². The molecule has 1 fully saturated rings. The molecule has 0 radical (unpaired) electrons. The molecule has 0 saturated carbocycles. The number of rotatable bonds is 2. The normalized spacial score (nSPS) is 25.0. The molecule has 1 aromatic heterocycles. The summed E-state index contributed by atoms with van der Waals surface area (Å²) in [5.41, 5.74) is -0.238. The van der Waals surface area contributed by atoms with E-state index in [1.807, 2.05) is 6.92 Å². The maximum absolute atomic E-state index is 12.2. The van der Waals surface area contributed by atoms with Crippen LogP contribution in [0.1, 0.15) is 30.3 Å². The molecule has 1 aliphatic heterocycles. The first-order chi connectivity index (χ1) is 8.04. The molecule has 1 aliphatic rings. The molecule has 0 bridgehead atoms. The molecule has 4 nitrogen and oxygen atoms in total. The zero-order valence-corrected chi connectivity index (χ0v) is 11.6. The fraction of sp³-hybridized carbons (Fsp3) is 0.583. The highest BCUT2D eigenvalue weighted by atomic mass is 79.9. The molecule has 5 heteroatoms. The average molecular weight is 302 g/mol. The predicted molar refractivity (Wildman–Crippen MR) is 67.0 cm³/mol. The van der Waals surface area contributed by atoms with E-state index in [-0.39, 0.29) is 11.5 Å². The van der Waals surface area contributed by atoms with Gasteiger partial charge in [-0.1, -0.05) is 0 Å². The van der Waals surface area contributed by atoms with Gasteiger partial charge in [0, 0.05) is 20.2 Å². The molecule has 0 N–H and O–H groups in total. The topological polar surface area (TPSA) is 42.7 Å². The van der Waals surface area contributed by atoms with Crippen LogP contribution in [0.5, 0.6) is 0 Å². The summed E-state index contributed by atoms with van der Waals surface area (Å²) < 4.78 is 11.3. The number of carbonyl (C=O) groups excluding carboxylic acids is 1. The number of hydrogen-bond donors (Lipinski definition) is 0. The van der Waals surface area contributed by atoms with E-state index < -0.39 is 0 Å². The summed E-state index contributed by atoms with van der Waals surface area (Å²) in [5.74, 6) is 0.302. The Morgan fingerprint density at radius 2 is 2.35 bits per heavy atom. The van der Waals surface area contributed by atoms with E-state index >= 15 is 0 Å². The summed E-state index contributed by atoms with van der Waals surface area (Å²) >= 11 is 3.20. The van der Waals surface area contributed by atoms with Gasteiger partial charge in [0.25, 0.3) is 5.91 Å². The van der Waals surface area contributed by atoms with Crippen molar-refractivity contribution >= 4 is 21.8 Å². The van der Waals surface area contributed by atoms with Gasteiger partial charge in [-0.05, 0) is 47.8 Å². The van der Waals surface area contributed by atoms with Gasteiger partial charge >= 0.3 is 0 Å². The minimum atomic E-state index is -0.238. The molecule has 1 unspecified atom stereocenters. The summed E-state index contributed by atoms with van der Waals surface area (Å²) in [4.78, 5) is 14.0. The molecule has 94 valence electrons. The van der Waals surface area contributed by atoms with Crippen LogP contribution in [0.2, 0.25) is 0 Å². The summed E-state index contributed by atoms with van der Waals surface area (Å²) in [5, 5.41) is 0. The lowest BCUT2D eigenvalue weighted by Gasteiger charge is -2.39. The van der Waals surface area contributed by atoms with Gasteiger partial charge in [0.2, 0.25) is 0 Å². The van der Waals surface area contributed by atoms with Gasteiger partial charge in [-0.3, -0.25) is 4.79 Å². The van der Waals surface area contributed by atoms with Crippen molar-refractivity contribution in [3.05, 3.63) is 22.6 Å². The average Bonchev–Trinajstić information content (AvgIpc) is 2.75. The zero-order chi connectivity index (χ0) is 12.5. The molecule has 1 amide bonds. The third kappa shape index (κ3) is 2.72. The highest BCUT2D eigenvalue weighted by molar-refractivity contribution is 9.10. The summed E-state index contributed by atoms with van der Waals surface area (Å²) in [7, 11) is 1.69. The number of furan rings is 1. The van der Waals surface area contributed by atoms with Gasteiger partial charge in [-0.25, -0.2) is 0 Å². The first kappa shape index (κ1) is 12.6. The van der Waals surface area contributed by atoms with Gasteiger partial charge in [0.1, 0.15) is 0 Å². The number of amides is 1. The van der Waals surface area contributed by atoms with Crippen LogP contribution in [0.4, 0.5) is 0 Å². The lowest BCUT2D eigenvalue weighted by molar-refractivity contribution is -0.0445. The Bertz CT molecular complexity index is 418. The van der Waals surface area contributed by atoms with Crippen molar-refractivity contribution in [2.45, 2.75) is 25.4 Å². The van der Waals surface area contributed by atoms with Gasteiger partial charge in [-0.15, -0.1) is 0 Å². The van der Waals surface area contributed by atoms with Crippen LogP contribution >= 0.6 is 15.9 Å². The van der Waals surface area contributed by atoms with E-state index in [2.05, 4.69) is 15.9 Å². The molecule has 0 spiro atoms. The van der Waals surface area contributed by atoms with Gasteiger partial charge in [0.05, 0.1) is 5.60 Å². The summed E-state index contributed by atoms with van der Waals surface area (Å²) in [6.45, 7) is 3.40. The van der Waals surface area contributed by atoms with E-state index in [1.165, 1.54) is 0 Å². The molecule has 1 saturated heterocycles. The Morgan fingerprint density at radius 3 is 2.94 bits per heavy atom. The smallest absolute Gasteiger partial charge is 0.289 e. The van der Waals surface area contributed by atoms with Gasteiger partial charge in [0.15, 0.2) is 10.4 Å². The first-order valence-electron chi connectivity index (χ1n) is 5.64. The molecule has 1 aromatic rings. The van der Waals surface area contributed by atoms with E-state index in [1.54, 1.807) is 24.1 Å². The molecule has 2 heterocycles. The highest BCUT2D eigenvalue weighted by Crippen LogP contribution is 2.25. The fourth-order valence-corrected chi connectivity index (χ4v) is 2.44. The first-order valence-corrected chi connectivity index (χ1v) is 6.43. The molecule has 17 heavy (non-hydrogen) atoms. The van der Waals surface area contributed by atoms with Crippen molar-refractivity contribution in [2.75, 3.05) is 20.2 Å². The Kier molecular flexibility index (Phi) is 3.58. The second-order valence-corrected chi connectivity index (χ2v) is 5.37. The quantitative estimate of drug-likeness (QED) is 0.843. The van der Waals surface area contributed by atoms with Gasteiger partial charge < -0.3 is 14.1 Å². The molecule has 1 atom stereocenters. The fourth-order valence-electron chi connectivity index (χ4n) is 2.13. The number of nitrogens with zero attached hydrogens (tertiary/aromatic N) is 1. The van der Waals surface area contributed by atoms with Crippen molar-refractivity contribution in [3.63, 3.8) is 0 Å². The predicted octanol–water partition coefficient (Wildman–Crippen LogP) is 2.68. The molecular weight excluding hydrogens is 286 g/mol. The minimum absolute atomic E-state index is 0.0707. The number of piperidine rings is 1. The second kappa shape index (κ2) is 4.82. The zero-order valence-electron chi connectivity index (χ0n) is 10.0. The lowest BCUT2D eigenvalue weighted by Crippen LogP contribution is -2.49. The molecule has 0 aromatic carbocycles. The van der Waals surface area contributed by atoms with Crippen molar-refractivity contribution in [3.8, 4) is 0 Å². The van der Waals surface area contributed by atoms with Crippen molar-refractivity contribution in [1.29, 1.82) is 0 Å². The van der Waals surface area contributed by atoms with E-state index in [9.17, 15) is 4.79 Å². The largest absolute Gasteiger partial charge is 0.444 e. The number of carbonyl (C=O) groups is 1. The SMILES string of the molecule is COC1(C)CCCN(C(=O)c2ccc(Br)o2)C1. The number of ether oxygens (including phenoxy) is 1.